The van der Waals surface area contributed by atoms with Crippen LogP contribution in [0.25, 0.3) is 5.52 Å². The van der Waals surface area contributed by atoms with Crippen LogP contribution in [0.15, 0.2) is 48.7 Å². The van der Waals surface area contributed by atoms with Crippen molar-refractivity contribution in [1.82, 2.24) is 14.7 Å². The molecule has 0 aliphatic carbocycles. The van der Waals surface area contributed by atoms with Gasteiger partial charge in [0.05, 0.1) is 11.6 Å². The number of nitrogens with one attached hydrogen (secondary N) is 2. The molecular formula is C22H26N4O3. The van der Waals surface area contributed by atoms with Gasteiger partial charge in [0.1, 0.15) is 5.75 Å². The van der Waals surface area contributed by atoms with Gasteiger partial charge in [0.2, 0.25) is 5.82 Å². The first-order valence-corrected chi connectivity index (χ1v) is 9.68. The van der Waals surface area contributed by atoms with Crippen molar-refractivity contribution in [2.45, 2.75) is 33.8 Å². The fourth-order valence-corrected chi connectivity index (χ4v) is 2.82. The molecule has 0 radical (unpaired) electrons. The highest BCUT2D eigenvalue weighted by atomic mass is 16.5. The van der Waals surface area contributed by atoms with Crippen LogP contribution in [-0.4, -0.2) is 33.8 Å². The average molecular weight is 394 g/mol. The molecule has 0 bridgehead atoms. The van der Waals surface area contributed by atoms with Gasteiger partial charge in [-0.3, -0.25) is 14.0 Å². The highest BCUT2D eigenvalue weighted by Gasteiger charge is 2.21. The van der Waals surface area contributed by atoms with Gasteiger partial charge in [-0.1, -0.05) is 19.9 Å². The number of hydrogen-bond acceptors (Lipinski definition) is 4. The number of amides is 2. The molecule has 2 amide bonds. The zero-order valence-electron chi connectivity index (χ0n) is 17.1. The fourth-order valence-electron chi connectivity index (χ4n) is 2.82. The summed E-state index contributed by atoms with van der Waals surface area (Å²) in [6, 6.07) is 12.5. The molecule has 152 valence electrons. The highest BCUT2D eigenvalue weighted by molar-refractivity contribution is 6.08. The molecular weight excluding hydrogens is 368 g/mol. The van der Waals surface area contributed by atoms with Gasteiger partial charge in [0.15, 0.2) is 5.69 Å². The summed E-state index contributed by atoms with van der Waals surface area (Å²) < 4.78 is 7.24. The van der Waals surface area contributed by atoms with Crippen molar-refractivity contribution in [3.05, 3.63) is 60.2 Å². The summed E-state index contributed by atoms with van der Waals surface area (Å²) in [6.45, 7) is 8.47. The molecule has 0 saturated carbocycles. The second-order valence-electron chi connectivity index (χ2n) is 7.49. The Balaban J connectivity index is 1.83. The van der Waals surface area contributed by atoms with E-state index in [9.17, 15) is 9.59 Å². The maximum absolute atomic E-state index is 12.8. The molecule has 2 heterocycles. The lowest BCUT2D eigenvalue weighted by Crippen LogP contribution is -2.29. The van der Waals surface area contributed by atoms with E-state index in [1.807, 2.05) is 33.8 Å². The van der Waals surface area contributed by atoms with Crippen molar-refractivity contribution < 1.29 is 14.3 Å². The third kappa shape index (κ3) is 4.93. The molecule has 0 aliphatic rings. The van der Waals surface area contributed by atoms with E-state index in [-0.39, 0.29) is 29.4 Å². The van der Waals surface area contributed by atoms with E-state index in [2.05, 4.69) is 15.6 Å². The molecule has 0 saturated heterocycles. The van der Waals surface area contributed by atoms with Crippen molar-refractivity contribution in [1.29, 1.82) is 0 Å². The molecule has 1 aromatic carbocycles. The number of aromatic nitrogens is 2. The van der Waals surface area contributed by atoms with Crippen LogP contribution in [0.1, 0.15) is 48.8 Å². The Labute approximate surface area is 170 Å². The number of benzene rings is 1. The van der Waals surface area contributed by atoms with Crippen LogP contribution in [0.5, 0.6) is 5.75 Å². The molecule has 3 rings (SSSR count). The number of ether oxygens (including phenoxy) is 1. The van der Waals surface area contributed by atoms with E-state index in [1.54, 1.807) is 47.0 Å². The first-order chi connectivity index (χ1) is 13.8. The maximum atomic E-state index is 12.8. The molecule has 0 atom stereocenters. The third-order valence-electron chi connectivity index (χ3n) is 4.12. The van der Waals surface area contributed by atoms with E-state index in [0.717, 1.165) is 5.75 Å². The van der Waals surface area contributed by atoms with E-state index < -0.39 is 0 Å². The van der Waals surface area contributed by atoms with Gasteiger partial charge >= 0.3 is 0 Å². The van der Waals surface area contributed by atoms with E-state index in [4.69, 9.17) is 4.74 Å². The number of carbonyl (C=O) groups excluding carboxylic acids is 2. The molecule has 2 aromatic heterocycles. The Morgan fingerprint density at radius 1 is 1.03 bits per heavy atom. The Kier molecular flexibility index (Phi) is 6.16. The average Bonchev–Trinajstić information content (AvgIpc) is 3.07. The molecule has 0 fully saturated rings. The quantitative estimate of drug-likeness (QED) is 0.639. The number of carbonyl (C=O) groups is 2. The van der Waals surface area contributed by atoms with Gasteiger partial charge in [-0.2, -0.15) is 0 Å². The van der Waals surface area contributed by atoms with Crippen molar-refractivity contribution in [3.8, 4) is 5.75 Å². The van der Waals surface area contributed by atoms with Gasteiger partial charge < -0.3 is 15.4 Å². The largest absolute Gasteiger partial charge is 0.491 e. The van der Waals surface area contributed by atoms with Gasteiger partial charge in [-0.15, -0.1) is 0 Å². The standard InChI is InChI=1S/C22H26N4O3/c1-14(2)13-23-22(28)20-25-19(18-7-5-6-12-26(18)20)21(27)24-16-8-10-17(11-9-16)29-15(3)4/h5-12,14-15H,13H2,1-4H3,(H,23,28)(H,24,27). The summed E-state index contributed by atoms with van der Waals surface area (Å²) in [7, 11) is 0. The first-order valence-electron chi connectivity index (χ1n) is 9.68. The summed E-state index contributed by atoms with van der Waals surface area (Å²) >= 11 is 0. The van der Waals surface area contributed by atoms with Gasteiger partial charge in [0.25, 0.3) is 11.8 Å². The number of pyridine rings is 1. The van der Waals surface area contributed by atoms with Crippen LogP contribution in [0.4, 0.5) is 5.69 Å². The van der Waals surface area contributed by atoms with Crippen LogP contribution in [0, 0.1) is 5.92 Å². The van der Waals surface area contributed by atoms with Crippen LogP contribution < -0.4 is 15.4 Å². The number of anilines is 1. The summed E-state index contributed by atoms with van der Waals surface area (Å²) in [4.78, 5) is 29.7. The SMILES string of the molecule is CC(C)CNC(=O)c1nc(C(=O)Nc2ccc(OC(C)C)cc2)c2ccccn12. The van der Waals surface area contributed by atoms with E-state index in [0.29, 0.717) is 23.7 Å². The van der Waals surface area contributed by atoms with E-state index >= 15 is 0 Å². The zero-order chi connectivity index (χ0) is 21.0. The van der Waals surface area contributed by atoms with Gasteiger partial charge in [-0.25, -0.2) is 4.98 Å². The Morgan fingerprint density at radius 3 is 2.41 bits per heavy atom. The molecule has 2 N–H and O–H groups in total. The summed E-state index contributed by atoms with van der Waals surface area (Å²) in [6.07, 6.45) is 1.80. The summed E-state index contributed by atoms with van der Waals surface area (Å²) in [5, 5.41) is 5.68. The predicted molar refractivity (Wildman–Crippen MR) is 113 cm³/mol. The van der Waals surface area contributed by atoms with Crippen molar-refractivity contribution in [2.75, 3.05) is 11.9 Å². The minimum absolute atomic E-state index is 0.0765. The van der Waals surface area contributed by atoms with Crippen molar-refractivity contribution in [2.24, 2.45) is 5.92 Å². The summed E-state index contributed by atoms with van der Waals surface area (Å²) in [5.74, 6) is 0.542. The monoisotopic (exact) mass is 394 g/mol. The molecule has 7 heteroatoms. The molecule has 3 aromatic rings. The topological polar surface area (TPSA) is 84.7 Å². The Morgan fingerprint density at radius 2 is 1.76 bits per heavy atom. The number of fused-ring (bicyclic) bond motifs is 1. The van der Waals surface area contributed by atoms with Crippen molar-refractivity contribution in [3.63, 3.8) is 0 Å². The molecule has 0 spiro atoms. The number of rotatable bonds is 7. The van der Waals surface area contributed by atoms with Crippen LogP contribution in [0.2, 0.25) is 0 Å². The second-order valence-corrected chi connectivity index (χ2v) is 7.49. The van der Waals surface area contributed by atoms with E-state index in [1.165, 1.54) is 0 Å². The number of imidazole rings is 1. The van der Waals surface area contributed by atoms with Crippen LogP contribution in [-0.2, 0) is 0 Å². The fraction of sp³-hybridized carbons (Fsp3) is 0.318. The molecule has 0 unspecified atom stereocenters. The predicted octanol–water partition coefficient (Wildman–Crippen LogP) is 3.76. The lowest BCUT2D eigenvalue weighted by Gasteiger charge is -2.10. The number of hydrogen-bond donors (Lipinski definition) is 2. The first kappa shape index (κ1) is 20.4. The Hall–Kier alpha value is -3.35. The molecule has 29 heavy (non-hydrogen) atoms. The van der Waals surface area contributed by atoms with Gasteiger partial charge in [-0.05, 0) is 56.2 Å². The lowest BCUT2D eigenvalue weighted by atomic mass is 10.2. The minimum atomic E-state index is -0.380. The molecule has 0 aliphatic heterocycles. The van der Waals surface area contributed by atoms with Crippen LogP contribution >= 0.6 is 0 Å². The van der Waals surface area contributed by atoms with Gasteiger partial charge in [0, 0.05) is 18.4 Å². The molecule has 7 nitrogen and oxygen atoms in total. The number of nitrogens with zero attached hydrogens (tertiary/aromatic N) is 2. The Bertz CT molecular complexity index is 1010. The highest BCUT2D eigenvalue weighted by Crippen LogP contribution is 2.19. The lowest BCUT2D eigenvalue weighted by molar-refractivity contribution is 0.0938. The van der Waals surface area contributed by atoms with Crippen molar-refractivity contribution >= 4 is 23.0 Å². The van der Waals surface area contributed by atoms with Crippen LogP contribution in [0.3, 0.4) is 0 Å². The third-order valence-corrected chi connectivity index (χ3v) is 4.12. The second kappa shape index (κ2) is 8.77. The zero-order valence-corrected chi connectivity index (χ0v) is 17.1. The minimum Gasteiger partial charge on any atom is -0.491 e. The summed E-state index contributed by atoms with van der Waals surface area (Å²) in [5.41, 5.74) is 1.39. The maximum Gasteiger partial charge on any atom is 0.287 e. The smallest absolute Gasteiger partial charge is 0.287 e. The normalized spacial score (nSPS) is 11.1.